The van der Waals surface area contributed by atoms with Crippen molar-refractivity contribution in [1.82, 2.24) is 10.2 Å². The second-order valence-electron chi connectivity index (χ2n) is 5.39. The lowest BCUT2D eigenvalue weighted by molar-refractivity contribution is -0.117. The van der Waals surface area contributed by atoms with E-state index in [0.717, 1.165) is 31.5 Å². The number of anilines is 1. The predicted molar refractivity (Wildman–Crippen MR) is 78.3 cm³/mol. The molecule has 2 rings (SSSR count). The third-order valence-corrected chi connectivity index (χ3v) is 3.68. The maximum Gasteiger partial charge on any atom is 0.238 e. The minimum Gasteiger partial charge on any atom is -0.322 e. The highest BCUT2D eigenvalue weighted by molar-refractivity contribution is 5.92. The van der Waals surface area contributed by atoms with Crippen molar-refractivity contribution in [2.24, 2.45) is 0 Å². The molecule has 0 saturated carbocycles. The molecule has 1 saturated heterocycles. The van der Waals surface area contributed by atoms with Crippen LogP contribution in [0, 0.1) is 12.7 Å². The van der Waals surface area contributed by atoms with Gasteiger partial charge in [0, 0.05) is 12.6 Å². The first-order chi connectivity index (χ1) is 9.58. The number of piperidine rings is 1. The SMILES string of the molecule is CNC1CCCN(CC(=O)Nc2ccc(C)cc2F)C1. The van der Waals surface area contributed by atoms with E-state index in [1.54, 1.807) is 12.1 Å². The summed E-state index contributed by atoms with van der Waals surface area (Å²) in [6, 6.07) is 5.26. The van der Waals surface area contributed by atoms with E-state index in [0.29, 0.717) is 12.6 Å². The highest BCUT2D eigenvalue weighted by Gasteiger charge is 2.20. The Bertz CT molecular complexity index is 478. The summed E-state index contributed by atoms with van der Waals surface area (Å²) in [6.07, 6.45) is 2.22. The number of amides is 1. The van der Waals surface area contributed by atoms with Gasteiger partial charge in [-0.05, 0) is 51.1 Å². The highest BCUT2D eigenvalue weighted by atomic mass is 19.1. The van der Waals surface area contributed by atoms with Crippen molar-refractivity contribution >= 4 is 11.6 Å². The van der Waals surface area contributed by atoms with Crippen molar-refractivity contribution < 1.29 is 9.18 Å². The fraction of sp³-hybridized carbons (Fsp3) is 0.533. The molecule has 1 unspecified atom stereocenters. The van der Waals surface area contributed by atoms with E-state index >= 15 is 0 Å². The maximum absolute atomic E-state index is 13.7. The third-order valence-electron chi connectivity index (χ3n) is 3.68. The molecule has 0 bridgehead atoms. The third kappa shape index (κ3) is 4.02. The van der Waals surface area contributed by atoms with Crippen LogP contribution < -0.4 is 10.6 Å². The standard InChI is InChI=1S/C15H22FN3O/c1-11-5-6-14(13(16)8-11)18-15(20)10-19-7-3-4-12(9-19)17-2/h5-6,8,12,17H,3-4,7,9-10H2,1-2H3,(H,18,20). The van der Waals surface area contributed by atoms with E-state index in [1.165, 1.54) is 6.07 Å². The highest BCUT2D eigenvalue weighted by Crippen LogP contribution is 2.15. The molecule has 1 aliphatic rings. The van der Waals surface area contributed by atoms with Crippen LogP contribution in [0.4, 0.5) is 10.1 Å². The van der Waals surface area contributed by atoms with Gasteiger partial charge >= 0.3 is 0 Å². The van der Waals surface area contributed by atoms with Crippen molar-refractivity contribution in [2.75, 3.05) is 32.0 Å². The molecule has 1 amide bonds. The number of halogens is 1. The molecule has 0 spiro atoms. The van der Waals surface area contributed by atoms with Gasteiger partial charge in [0.2, 0.25) is 5.91 Å². The van der Waals surface area contributed by atoms with Crippen LogP contribution in [0.15, 0.2) is 18.2 Å². The fourth-order valence-electron chi connectivity index (χ4n) is 2.55. The van der Waals surface area contributed by atoms with Crippen molar-refractivity contribution in [1.29, 1.82) is 0 Å². The number of aryl methyl sites for hydroxylation is 1. The van der Waals surface area contributed by atoms with Crippen molar-refractivity contribution in [2.45, 2.75) is 25.8 Å². The molecule has 20 heavy (non-hydrogen) atoms. The number of rotatable bonds is 4. The Morgan fingerprint density at radius 1 is 1.50 bits per heavy atom. The lowest BCUT2D eigenvalue weighted by Crippen LogP contribution is -2.46. The lowest BCUT2D eigenvalue weighted by Gasteiger charge is -2.31. The molecule has 1 heterocycles. The normalized spacial score (nSPS) is 19.9. The summed E-state index contributed by atoms with van der Waals surface area (Å²) in [6.45, 7) is 3.91. The van der Waals surface area contributed by atoms with Crippen LogP contribution >= 0.6 is 0 Å². The average Bonchev–Trinajstić information content (AvgIpc) is 2.42. The molecular formula is C15H22FN3O. The predicted octanol–water partition coefficient (Wildman–Crippen LogP) is 1.76. The first-order valence-electron chi connectivity index (χ1n) is 7.04. The molecule has 4 nitrogen and oxygen atoms in total. The molecule has 110 valence electrons. The van der Waals surface area contributed by atoms with Gasteiger partial charge in [-0.1, -0.05) is 6.07 Å². The zero-order valence-electron chi connectivity index (χ0n) is 12.1. The second-order valence-corrected chi connectivity index (χ2v) is 5.39. The van der Waals surface area contributed by atoms with Crippen LogP contribution in [-0.4, -0.2) is 43.5 Å². The topological polar surface area (TPSA) is 44.4 Å². The van der Waals surface area contributed by atoms with E-state index in [-0.39, 0.29) is 17.4 Å². The number of nitrogens with one attached hydrogen (secondary N) is 2. The van der Waals surface area contributed by atoms with Crippen LogP contribution in [0.2, 0.25) is 0 Å². The lowest BCUT2D eigenvalue weighted by atomic mass is 10.1. The number of carbonyl (C=O) groups excluding carboxylic acids is 1. The molecule has 5 heteroatoms. The van der Waals surface area contributed by atoms with Crippen LogP contribution in [-0.2, 0) is 4.79 Å². The van der Waals surface area contributed by atoms with E-state index in [1.807, 2.05) is 14.0 Å². The summed E-state index contributed by atoms with van der Waals surface area (Å²) >= 11 is 0. The van der Waals surface area contributed by atoms with Gasteiger partial charge < -0.3 is 10.6 Å². The van der Waals surface area contributed by atoms with Crippen LogP contribution in [0.5, 0.6) is 0 Å². The van der Waals surface area contributed by atoms with Crippen molar-refractivity contribution in [3.8, 4) is 0 Å². The molecule has 0 aliphatic carbocycles. The molecule has 0 radical (unpaired) electrons. The Hall–Kier alpha value is -1.46. The summed E-state index contributed by atoms with van der Waals surface area (Å²) in [5, 5.41) is 5.88. The number of hydrogen-bond acceptors (Lipinski definition) is 3. The number of nitrogens with zero attached hydrogens (tertiary/aromatic N) is 1. The van der Waals surface area contributed by atoms with Gasteiger partial charge in [-0.2, -0.15) is 0 Å². The number of hydrogen-bond donors (Lipinski definition) is 2. The van der Waals surface area contributed by atoms with E-state index in [9.17, 15) is 9.18 Å². The summed E-state index contributed by atoms with van der Waals surface area (Å²) < 4.78 is 13.7. The molecule has 2 N–H and O–H groups in total. The first-order valence-corrected chi connectivity index (χ1v) is 7.04. The average molecular weight is 279 g/mol. The van der Waals surface area contributed by atoms with Gasteiger partial charge in [-0.15, -0.1) is 0 Å². The van der Waals surface area contributed by atoms with Crippen molar-refractivity contribution in [3.63, 3.8) is 0 Å². The zero-order valence-corrected chi connectivity index (χ0v) is 12.1. The molecular weight excluding hydrogens is 257 g/mol. The fourth-order valence-corrected chi connectivity index (χ4v) is 2.55. The Balaban J connectivity index is 1.88. The summed E-state index contributed by atoms with van der Waals surface area (Å²) in [5.74, 6) is -0.547. The zero-order chi connectivity index (χ0) is 14.5. The molecule has 1 fully saturated rings. The van der Waals surface area contributed by atoms with Crippen LogP contribution in [0.25, 0.3) is 0 Å². The largest absolute Gasteiger partial charge is 0.322 e. The number of likely N-dealkylation sites (tertiary alicyclic amines) is 1. The number of benzene rings is 1. The number of likely N-dealkylation sites (N-methyl/N-ethyl adjacent to an activating group) is 1. The molecule has 1 aromatic carbocycles. The number of carbonyl (C=O) groups is 1. The van der Waals surface area contributed by atoms with Gasteiger partial charge in [0.05, 0.1) is 12.2 Å². The van der Waals surface area contributed by atoms with E-state index in [2.05, 4.69) is 15.5 Å². The smallest absolute Gasteiger partial charge is 0.238 e. The van der Waals surface area contributed by atoms with Crippen LogP contribution in [0.3, 0.4) is 0 Å². The Labute approximate surface area is 119 Å². The molecule has 1 atom stereocenters. The van der Waals surface area contributed by atoms with Gasteiger partial charge in [-0.25, -0.2) is 4.39 Å². The minimum atomic E-state index is -0.384. The summed E-state index contributed by atoms with van der Waals surface area (Å²) in [7, 11) is 1.94. The quantitative estimate of drug-likeness (QED) is 0.882. The van der Waals surface area contributed by atoms with Gasteiger partial charge in [0.25, 0.3) is 0 Å². The van der Waals surface area contributed by atoms with Crippen molar-refractivity contribution in [3.05, 3.63) is 29.6 Å². The van der Waals surface area contributed by atoms with Gasteiger partial charge in [0.1, 0.15) is 5.82 Å². The first kappa shape index (κ1) is 14.9. The van der Waals surface area contributed by atoms with Gasteiger partial charge in [0.15, 0.2) is 0 Å². The summed E-state index contributed by atoms with van der Waals surface area (Å²) in [4.78, 5) is 14.1. The molecule has 1 aliphatic heterocycles. The Morgan fingerprint density at radius 2 is 2.30 bits per heavy atom. The van der Waals surface area contributed by atoms with E-state index in [4.69, 9.17) is 0 Å². The minimum absolute atomic E-state index is 0.162. The Kier molecular flexibility index (Phi) is 5.09. The molecule has 0 aromatic heterocycles. The Morgan fingerprint density at radius 3 is 3.00 bits per heavy atom. The van der Waals surface area contributed by atoms with E-state index < -0.39 is 0 Å². The maximum atomic E-state index is 13.7. The van der Waals surface area contributed by atoms with Gasteiger partial charge in [-0.3, -0.25) is 9.69 Å². The molecule has 1 aromatic rings. The summed E-state index contributed by atoms with van der Waals surface area (Å²) in [5.41, 5.74) is 1.09. The monoisotopic (exact) mass is 279 g/mol. The second kappa shape index (κ2) is 6.81. The van der Waals surface area contributed by atoms with Crippen LogP contribution in [0.1, 0.15) is 18.4 Å².